The van der Waals surface area contributed by atoms with E-state index in [1.165, 1.54) is 18.2 Å². The van der Waals surface area contributed by atoms with Crippen LogP contribution in [0.3, 0.4) is 0 Å². The van der Waals surface area contributed by atoms with Crippen molar-refractivity contribution in [2.45, 2.75) is 13.0 Å². The second kappa shape index (κ2) is 5.83. The van der Waals surface area contributed by atoms with Gasteiger partial charge in [-0.15, -0.1) is 0 Å². The summed E-state index contributed by atoms with van der Waals surface area (Å²) in [4.78, 5) is 17.7. The molecule has 3 rings (SSSR count). The molecule has 1 aromatic heterocycles. The van der Waals surface area contributed by atoms with Crippen molar-refractivity contribution >= 4 is 17.6 Å². The highest BCUT2D eigenvalue weighted by Gasteiger charge is 2.16. The topological polar surface area (TPSA) is 54.5 Å². The molecule has 1 aliphatic rings. The van der Waals surface area contributed by atoms with Crippen LogP contribution in [0.2, 0.25) is 0 Å². The summed E-state index contributed by atoms with van der Waals surface area (Å²) in [6, 6.07) is 12.3. The van der Waals surface area contributed by atoms with Crippen LogP contribution in [-0.2, 0) is 17.7 Å². The lowest BCUT2D eigenvalue weighted by Crippen LogP contribution is -2.30. The summed E-state index contributed by atoms with van der Waals surface area (Å²) >= 11 is 0. The highest BCUT2D eigenvalue weighted by atomic mass is 16.5. The van der Waals surface area contributed by atoms with Crippen LogP contribution in [0.5, 0.6) is 0 Å². The number of carbonyl (C=O) groups is 1. The van der Waals surface area contributed by atoms with Gasteiger partial charge in [0.25, 0.3) is 0 Å². The number of nitrogens with zero attached hydrogens (tertiary/aromatic N) is 2. The summed E-state index contributed by atoms with van der Waals surface area (Å²) in [7, 11) is 1.33. The van der Waals surface area contributed by atoms with Crippen LogP contribution in [0.15, 0.2) is 42.6 Å². The van der Waals surface area contributed by atoms with Gasteiger partial charge in [-0.1, -0.05) is 24.3 Å². The van der Waals surface area contributed by atoms with Gasteiger partial charge in [0.1, 0.15) is 5.82 Å². The van der Waals surface area contributed by atoms with Crippen LogP contribution in [-0.4, -0.2) is 24.7 Å². The number of carbonyl (C=O) groups excluding carboxylic acids is 1. The number of amides is 1. The second-order valence-corrected chi connectivity index (χ2v) is 4.96. The van der Waals surface area contributed by atoms with Crippen molar-refractivity contribution in [3.8, 4) is 0 Å². The second-order valence-electron chi connectivity index (χ2n) is 4.96. The number of hydrogen-bond acceptors (Lipinski definition) is 4. The van der Waals surface area contributed by atoms with Gasteiger partial charge in [0, 0.05) is 13.1 Å². The van der Waals surface area contributed by atoms with Gasteiger partial charge < -0.3 is 9.64 Å². The molecule has 0 unspecified atom stereocenters. The van der Waals surface area contributed by atoms with E-state index < -0.39 is 6.09 Å². The number of benzene rings is 1. The third kappa shape index (κ3) is 2.97. The summed E-state index contributed by atoms with van der Waals surface area (Å²) < 4.78 is 4.54. The Morgan fingerprint density at radius 2 is 2.05 bits per heavy atom. The minimum absolute atomic E-state index is 0.489. The van der Waals surface area contributed by atoms with E-state index in [2.05, 4.69) is 44.2 Å². The molecule has 1 aliphatic heterocycles. The van der Waals surface area contributed by atoms with Crippen molar-refractivity contribution in [1.29, 1.82) is 0 Å². The van der Waals surface area contributed by atoms with Crippen LogP contribution < -0.4 is 10.2 Å². The van der Waals surface area contributed by atoms with Crippen molar-refractivity contribution in [1.82, 2.24) is 4.98 Å². The quantitative estimate of drug-likeness (QED) is 0.920. The zero-order valence-corrected chi connectivity index (χ0v) is 11.9. The van der Waals surface area contributed by atoms with Gasteiger partial charge in [0.2, 0.25) is 0 Å². The average molecular weight is 283 g/mol. The van der Waals surface area contributed by atoms with E-state index >= 15 is 0 Å². The third-order valence-electron chi connectivity index (χ3n) is 3.66. The Kier molecular flexibility index (Phi) is 3.73. The van der Waals surface area contributed by atoms with Gasteiger partial charge in [-0.3, -0.25) is 5.32 Å². The molecule has 0 spiro atoms. The van der Waals surface area contributed by atoms with E-state index in [1.54, 1.807) is 12.3 Å². The highest BCUT2D eigenvalue weighted by molar-refractivity contribution is 5.83. The fourth-order valence-electron chi connectivity index (χ4n) is 2.52. The van der Waals surface area contributed by atoms with Crippen LogP contribution in [0.1, 0.15) is 11.1 Å². The van der Waals surface area contributed by atoms with E-state index in [9.17, 15) is 4.79 Å². The minimum Gasteiger partial charge on any atom is -0.453 e. The molecule has 0 radical (unpaired) electrons. The summed E-state index contributed by atoms with van der Waals surface area (Å²) in [5, 5.41) is 2.55. The number of aromatic nitrogens is 1. The van der Waals surface area contributed by atoms with Gasteiger partial charge in [-0.05, 0) is 29.7 Å². The number of methoxy groups -OCH3 is 1. The molecule has 0 bridgehead atoms. The van der Waals surface area contributed by atoms with Crippen molar-refractivity contribution < 1.29 is 9.53 Å². The molecule has 1 aromatic carbocycles. The molecule has 1 N–H and O–H groups in total. The summed E-state index contributed by atoms with van der Waals surface area (Å²) in [5.74, 6) is 0.489. The van der Waals surface area contributed by atoms with Gasteiger partial charge in [-0.25, -0.2) is 9.78 Å². The lowest BCUT2D eigenvalue weighted by atomic mass is 10.00. The maximum Gasteiger partial charge on any atom is 0.412 e. The van der Waals surface area contributed by atoms with Gasteiger partial charge in [-0.2, -0.15) is 0 Å². The molecular weight excluding hydrogens is 266 g/mol. The first-order chi connectivity index (χ1) is 10.3. The zero-order chi connectivity index (χ0) is 14.7. The molecule has 5 nitrogen and oxygen atoms in total. The Labute approximate surface area is 123 Å². The van der Waals surface area contributed by atoms with Crippen molar-refractivity contribution in [2.75, 3.05) is 23.9 Å². The molecule has 0 fully saturated rings. The van der Waals surface area contributed by atoms with E-state index in [0.29, 0.717) is 5.82 Å². The summed E-state index contributed by atoms with van der Waals surface area (Å²) in [6.45, 7) is 1.87. The highest BCUT2D eigenvalue weighted by Crippen LogP contribution is 2.24. The SMILES string of the molecule is COC(=O)Nc1ccc(N2CCc3ccccc3C2)cn1. The van der Waals surface area contributed by atoms with E-state index in [4.69, 9.17) is 0 Å². The number of hydrogen-bond donors (Lipinski definition) is 1. The molecular formula is C16H17N3O2. The predicted molar refractivity (Wildman–Crippen MR) is 81.5 cm³/mol. The predicted octanol–water partition coefficient (Wildman–Crippen LogP) is 2.82. The molecule has 1 amide bonds. The summed E-state index contributed by atoms with van der Waals surface area (Å²) in [5.41, 5.74) is 3.84. The first-order valence-corrected chi connectivity index (χ1v) is 6.89. The first-order valence-electron chi connectivity index (χ1n) is 6.89. The minimum atomic E-state index is -0.512. The Hall–Kier alpha value is -2.56. The molecule has 0 aliphatic carbocycles. The van der Waals surface area contributed by atoms with E-state index in [0.717, 1.165) is 25.2 Å². The zero-order valence-electron chi connectivity index (χ0n) is 11.9. The van der Waals surface area contributed by atoms with Gasteiger partial charge in [0.15, 0.2) is 0 Å². The molecule has 21 heavy (non-hydrogen) atoms. The molecule has 108 valence electrons. The largest absolute Gasteiger partial charge is 0.453 e. The Balaban J connectivity index is 1.72. The van der Waals surface area contributed by atoms with Gasteiger partial charge in [0.05, 0.1) is 19.0 Å². The van der Waals surface area contributed by atoms with Crippen LogP contribution in [0.4, 0.5) is 16.3 Å². The third-order valence-corrected chi connectivity index (χ3v) is 3.66. The molecule has 0 saturated carbocycles. The lowest BCUT2D eigenvalue weighted by Gasteiger charge is -2.30. The van der Waals surface area contributed by atoms with Gasteiger partial charge >= 0.3 is 6.09 Å². The van der Waals surface area contributed by atoms with Crippen molar-refractivity contribution in [2.24, 2.45) is 0 Å². The molecule has 0 saturated heterocycles. The summed E-state index contributed by atoms with van der Waals surface area (Å²) in [6.07, 6.45) is 2.31. The number of fused-ring (bicyclic) bond motifs is 1. The smallest absolute Gasteiger partial charge is 0.412 e. The number of ether oxygens (including phenoxy) is 1. The standard InChI is InChI=1S/C16H17N3O2/c1-21-16(20)18-15-7-6-14(10-17-15)19-9-8-12-4-2-3-5-13(12)11-19/h2-7,10H,8-9,11H2,1H3,(H,17,18,20). The number of nitrogens with one attached hydrogen (secondary N) is 1. The fourth-order valence-corrected chi connectivity index (χ4v) is 2.52. The number of anilines is 2. The fraction of sp³-hybridized carbons (Fsp3) is 0.250. The maximum absolute atomic E-state index is 11.1. The van der Waals surface area contributed by atoms with Crippen LogP contribution in [0, 0.1) is 0 Å². The molecule has 0 atom stereocenters. The number of rotatable bonds is 2. The van der Waals surface area contributed by atoms with E-state index in [1.807, 2.05) is 6.07 Å². The molecule has 2 aromatic rings. The normalized spacial score (nSPS) is 13.5. The van der Waals surface area contributed by atoms with E-state index in [-0.39, 0.29) is 0 Å². The average Bonchev–Trinajstić information content (AvgIpc) is 2.55. The van der Waals surface area contributed by atoms with Crippen molar-refractivity contribution in [3.05, 3.63) is 53.7 Å². The molecule has 2 heterocycles. The first kappa shape index (κ1) is 13.4. The molecule has 5 heteroatoms. The van der Waals surface area contributed by atoms with Crippen LogP contribution in [0.25, 0.3) is 0 Å². The monoisotopic (exact) mass is 283 g/mol. The lowest BCUT2D eigenvalue weighted by molar-refractivity contribution is 0.187. The van der Waals surface area contributed by atoms with Crippen molar-refractivity contribution in [3.63, 3.8) is 0 Å². The Morgan fingerprint density at radius 3 is 2.76 bits per heavy atom. The Bertz CT molecular complexity index is 640. The maximum atomic E-state index is 11.1. The number of pyridine rings is 1. The van der Waals surface area contributed by atoms with Crippen LogP contribution >= 0.6 is 0 Å². The Morgan fingerprint density at radius 1 is 1.24 bits per heavy atom.